The van der Waals surface area contributed by atoms with Crippen LogP contribution >= 0.6 is 11.6 Å². The minimum Gasteiger partial charge on any atom is -0.481 e. The van der Waals surface area contributed by atoms with Crippen molar-refractivity contribution in [3.63, 3.8) is 0 Å². The Kier molecular flexibility index (Phi) is 4.27. The van der Waals surface area contributed by atoms with Gasteiger partial charge in [-0.1, -0.05) is 23.7 Å². The van der Waals surface area contributed by atoms with E-state index in [9.17, 15) is 9.59 Å². The maximum absolute atomic E-state index is 11.9. The van der Waals surface area contributed by atoms with E-state index in [1.54, 1.807) is 24.3 Å². The Labute approximate surface area is 119 Å². The third-order valence-electron chi connectivity index (χ3n) is 2.38. The number of aliphatic carboxylic acids is 1. The highest BCUT2D eigenvalue weighted by atomic mass is 35.5. The molecule has 0 unspecified atom stereocenters. The largest absolute Gasteiger partial charge is 0.481 e. The molecule has 7 heteroatoms. The molecule has 1 aromatic heterocycles. The first-order chi connectivity index (χ1) is 9.54. The fourth-order valence-corrected chi connectivity index (χ4v) is 1.73. The molecule has 0 bridgehead atoms. The topological polar surface area (TPSA) is 92.2 Å². The number of halogens is 1. The highest BCUT2D eigenvalue weighted by molar-refractivity contribution is 6.29. The third kappa shape index (κ3) is 3.76. The van der Waals surface area contributed by atoms with E-state index < -0.39 is 11.9 Å². The van der Waals surface area contributed by atoms with Crippen molar-refractivity contribution < 1.29 is 14.7 Å². The number of carbonyl (C=O) groups is 2. The number of rotatable bonds is 4. The molecule has 102 valence electrons. The molecule has 20 heavy (non-hydrogen) atoms. The lowest BCUT2D eigenvalue weighted by Crippen LogP contribution is -2.14. The molecule has 0 radical (unpaired) electrons. The molecule has 6 nitrogen and oxygen atoms in total. The molecule has 0 saturated carbocycles. The van der Waals surface area contributed by atoms with E-state index in [4.69, 9.17) is 16.7 Å². The number of nitrogens with zero attached hydrogens (tertiary/aromatic N) is 2. The van der Waals surface area contributed by atoms with Crippen LogP contribution in [0.2, 0.25) is 5.15 Å². The summed E-state index contributed by atoms with van der Waals surface area (Å²) >= 11 is 5.66. The second-order valence-electron chi connectivity index (χ2n) is 3.95. The molecule has 2 aromatic rings. The summed E-state index contributed by atoms with van der Waals surface area (Å²) in [7, 11) is 0. The highest BCUT2D eigenvalue weighted by Crippen LogP contribution is 2.13. The van der Waals surface area contributed by atoms with E-state index in [1.807, 2.05) is 0 Å². The molecular weight excluding hydrogens is 282 g/mol. The second-order valence-corrected chi connectivity index (χ2v) is 4.34. The fraction of sp³-hybridized carbons (Fsp3) is 0.0769. The summed E-state index contributed by atoms with van der Waals surface area (Å²) in [6, 6.07) is 6.58. The molecule has 0 spiro atoms. The summed E-state index contributed by atoms with van der Waals surface area (Å²) in [6.07, 6.45) is 2.51. The molecule has 1 aromatic carbocycles. The molecule has 0 fully saturated rings. The van der Waals surface area contributed by atoms with Gasteiger partial charge in [0.15, 0.2) is 0 Å². The number of nitrogens with one attached hydrogen (secondary N) is 1. The van der Waals surface area contributed by atoms with Gasteiger partial charge >= 0.3 is 5.97 Å². The van der Waals surface area contributed by atoms with Crippen molar-refractivity contribution in [1.82, 2.24) is 9.97 Å². The van der Waals surface area contributed by atoms with Crippen LogP contribution in [0.1, 0.15) is 16.1 Å². The van der Waals surface area contributed by atoms with Crippen LogP contribution < -0.4 is 5.32 Å². The number of carboxylic acid groups (broad SMARTS) is 1. The van der Waals surface area contributed by atoms with E-state index in [0.717, 1.165) is 0 Å². The predicted octanol–water partition coefficient (Wildman–Crippen LogP) is 2.01. The lowest BCUT2D eigenvalue weighted by atomic mass is 10.1. The van der Waals surface area contributed by atoms with Gasteiger partial charge in [-0.05, 0) is 17.7 Å². The quantitative estimate of drug-likeness (QED) is 0.899. The van der Waals surface area contributed by atoms with Gasteiger partial charge in [0, 0.05) is 5.69 Å². The summed E-state index contributed by atoms with van der Waals surface area (Å²) < 4.78 is 0. The number of carboxylic acids is 1. The Balaban J connectivity index is 2.13. The van der Waals surface area contributed by atoms with Crippen LogP contribution in [0, 0.1) is 0 Å². The van der Waals surface area contributed by atoms with Crippen molar-refractivity contribution in [1.29, 1.82) is 0 Å². The van der Waals surface area contributed by atoms with Crippen molar-refractivity contribution in [2.45, 2.75) is 6.42 Å². The number of amides is 1. The maximum Gasteiger partial charge on any atom is 0.307 e. The van der Waals surface area contributed by atoms with Crippen LogP contribution in [0.5, 0.6) is 0 Å². The van der Waals surface area contributed by atoms with Gasteiger partial charge < -0.3 is 10.4 Å². The first-order valence-corrected chi connectivity index (χ1v) is 6.02. The van der Waals surface area contributed by atoms with Crippen molar-refractivity contribution in [2.24, 2.45) is 0 Å². The Morgan fingerprint density at radius 3 is 2.80 bits per heavy atom. The van der Waals surface area contributed by atoms with Gasteiger partial charge in [-0.15, -0.1) is 0 Å². The van der Waals surface area contributed by atoms with E-state index in [1.165, 1.54) is 12.4 Å². The van der Waals surface area contributed by atoms with Gasteiger partial charge in [-0.3, -0.25) is 14.6 Å². The number of aromatic nitrogens is 2. The van der Waals surface area contributed by atoms with Crippen LogP contribution in [0.15, 0.2) is 36.7 Å². The molecular formula is C13H10ClN3O3. The van der Waals surface area contributed by atoms with Gasteiger partial charge in [-0.25, -0.2) is 4.98 Å². The van der Waals surface area contributed by atoms with Crippen molar-refractivity contribution in [3.8, 4) is 0 Å². The Morgan fingerprint density at radius 2 is 2.10 bits per heavy atom. The highest BCUT2D eigenvalue weighted by Gasteiger charge is 2.09. The maximum atomic E-state index is 11.9. The molecule has 0 saturated heterocycles. The lowest BCUT2D eigenvalue weighted by molar-refractivity contribution is -0.136. The van der Waals surface area contributed by atoms with Gasteiger partial charge in [0.1, 0.15) is 10.8 Å². The Bertz CT molecular complexity index is 661. The zero-order valence-electron chi connectivity index (χ0n) is 10.2. The van der Waals surface area contributed by atoms with Crippen molar-refractivity contribution in [3.05, 3.63) is 53.1 Å². The van der Waals surface area contributed by atoms with Gasteiger partial charge in [-0.2, -0.15) is 0 Å². The van der Waals surface area contributed by atoms with Crippen LogP contribution in [-0.2, 0) is 11.2 Å². The van der Waals surface area contributed by atoms with Gasteiger partial charge in [0.2, 0.25) is 0 Å². The molecule has 1 heterocycles. The zero-order valence-corrected chi connectivity index (χ0v) is 11.0. The summed E-state index contributed by atoms with van der Waals surface area (Å²) in [5, 5.41) is 11.5. The number of benzene rings is 1. The molecule has 1 amide bonds. The molecule has 0 aliphatic carbocycles. The van der Waals surface area contributed by atoms with E-state index in [-0.39, 0.29) is 17.3 Å². The van der Waals surface area contributed by atoms with Crippen molar-refractivity contribution in [2.75, 3.05) is 5.32 Å². The number of anilines is 1. The van der Waals surface area contributed by atoms with Crippen LogP contribution in [0.3, 0.4) is 0 Å². The Hall–Kier alpha value is -2.47. The molecule has 0 aliphatic rings. The van der Waals surface area contributed by atoms with Gasteiger partial charge in [0.25, 0.3) is 5.91 Å². The zero-order chi connectivity index (χ0) is 14.5. The minimum absolute atomic E-state index is 0.0844. The predicted molar refractivity (Wildman–Crippen MR) is 72.8 cm³/mol. The molecule has 0 atom stereocenters. The SMILES string of the molecule is O=C(O)Cc1cccc(NC(=O)c2cncc(Cl)n2)c1. The number of hydrogen-bond acceptors (Lipinski definition) is 4. The van der Waals surface area contributed by atoms with E-state index in [2.05, 4.69) is 15.3 Å². The molecule has 2 N–H and O–H groups in total. The third-order valence-corrected chi connectivity index (χ3v) is 2.56. The standard InChI is InChI=1S/C13H10ClN3O3/c14-11-7-15-6-10(17-11)13(20)16-9-3-1-2-8(4-9)5-12(18)19/h1-4,6-7H,5H2,(H,16,20)(H,18,19). The van der Waals surface area contributed by atoms with E-state index in [0.29, 0.717) is 11.3 Å². The van der Waals surface area contributed by atoms with Crippen molar-refractivity contribution >= 4 is 29.2 Å². The minimum atomic E-state index is -0.936. The first kappa shape index (κ1) is 14.0. The van der Waals surface area contributed by atoms with Gasteiger partial charge in [0.05, 0.1) is 18.8 Å². The van der Waals surface area contributed by atoms with Crippen LogP contribution in [-0.4, -0.2) is 27.0 Å². The first-order valence-electron chi connectivity index (χ1n) is 5.64. The average molecular weight is 292 g/mol. The van der Waals surface area contributed by atoms with Crippen LogP contribution in [0.4, 0.5) is 5.69 Å². The number of carbonyl (C=O) groups excluding carboxylic acids is 1. The second kappa shape index (κ2) is 6.12. The summed E-state index contributed by atoms with van der Waals surface area (Å²) in [6.45, 7) is 0. The summed E-state index contributed by atoms with van der Waals surface area (Å²) in [5.41, 5.74) is 1.16. The average Bonchev–Trinajstić information content (AvgIpc) is 2.38. The fourth-order valence-electron chi connectivity index (χ4n) is 1.58. The summed E-state index contributed by atoms with van der Waals surface area (Å²) in [4.78, 5) is 30.2. The normalized spacial score (nSPS) is 10.1. The number of hydrogen-bond donors (Lipinski definition) is 2. The molecule has 0 aliphatic heterocycles. The Morgan fingerprint density at radius 1 is 1.30 bits per heavy atom. The van der Waals surface area contributed by atoms with E-state index >= 15 is 0 Å². The molecule has 2 rings (SSSR count). The summed E-state index contributed by atoms with van der Waals surface area (Å²) in [5.74, 6) is -1.40. The monoisotopic (exact) mass is 291 g/mol. The lowest BCUT2D eigenvalue weighted by Gasteiger charge is -2.06. The van der Waals surface area contributed by atoms with Crippen LogP contribution in [0.25, 0.3) is 0 Å². The smallest absolute Gasteiger partial charge is 0.307 e.